The van der Waals surface area contributed by atoms with Crippen molar-refractivity contribution in [3.05, 3.63) is 65.7 Å². The number of alkyl carbamates (subject to hydrolysis) is 1. The SMILES string of the molecule is N#C[C@H](Cc1ccc(O)cc1)NC(=O)OCc1ccccc1. The maximum absolute atomic E-state index is 11.7. The van der Waals surface area contributed by atoms with Crippen LogP contribution in [0.2, 0.25) is 0 Å². The number of carbonyl (C=O) groups is 1. The Morgan fingerprint density at radius 2 is 1.82 bits per heavy atom. The van der Waals surface area contributed by atoms with Crippen LogP contribution in [-0.2, 0) is 17.8 Å². The first-order valence-electron chi connectivity index (χ1n) is 6.82. The fraction of sp³-hybridized carbons (Fsp3) is 0.176. The molecule has 2 N–H and O–H groups in total. The average molecular weight is 296 g/mol. The number of benzene rings is 2. The van der Waals surface area contributed by atoms with Crippen LogP contribution in [0.4, 0.5) is 4.79 Å². The van der Waals surface area contributed by atoms with Crippen molar-refractivity contribution < 1.29 is 14.6 Å². The monoisotopic (exact) mass is 296 g/mol. The number of nitriles is 1. The quantitative estimate of drug-likeness (QED) is 0.888. The minimum absolute atomic E-state index is 0.157. The van der Waals surface area contributed by atoms with E-state index in [-0.39, 0.29) is 12.4 Å². The van der Waals surface area contributed by atoms with Crippen molar-refractivity contribution in [2.45, 2.75) is 19.1 Å². The van der Waals surface area contributed by atoms with Gasteiger partial charge in [-0.2, -0.15) is 5.26 Å². The van der Waals surface area contributed by atoms with Gasteiger partial charge in [-0.05, 0) is 23.3 Å². The summed E-state index contributed by atoms with van der Waals surface area (Å²) < 4.78 is 5.08. The van der Waals surface area contributed by atoms with Gasteiger partial charge >= 0.3 is 6.09 Å². The molecule has 0 saturated heterocycles. The lowest BCUT2D eigenvalue weighted by Crippen LogP contribution is -2.35. The zero-order chi connectivity index (χ0) is 15.8. The van der Waals surface area contributed by atoms with Crippen LogP contribution in [-0.4, -0.2) is 17.2 Å². The third-order valence-corrected chi connectivity index (χ3v) is 3.04. The number of ether oxygens (including phenoxy) is 1. The molecule has 0 saturated carbocycles. The fourth-order valence-electron chi connectivity index (χ4n) is 1.90. The second-order valence-corrected chi connectivity index (χ2v) is 4.76. The summed E-state index contributed by atoms with van der Waals surface area (Å²) in [5.74, 6) is 0.160. The van der Waals surface area contributed by atoms with Crippen LogP contribution < -0.4 is 5.32 Å². The highest BCUT2D eigenvalue weighted by Gasteiger charge is 2.13. The van der Waals surface area contributed by atoms with E-state index in [0.717, 1.165) is 11.1 Å². The molecule has 22 heavy (non-hydrogen) atoms. The Kier molecular flexibility index (Phi) is 5.38. The molecule has 0 unspecified atom stereocenters. The average Bonchev–Trinajstić information content (AvgIpc) is 2.55. The van der Waals surface area contributed by atoms with Crippen LogP contribution in [0.1, 0.15) is 11.1 Å². The van der Waals surface area contributed by atoms with Crippen LogP contribution in [0.5, 0.6) is 5.75 Å². The van der Waals surface area contributed by atoms with Gasteiger partial charge in [0, 0.05) is 6.42 Å². The maximum atomic E-state index is 11.7. The minimum atomic E-state index is -0.687. The summed E-state index contributed by atoms with van der Waals surface area (Å²) in [4.78, 5) is 11.7. The zero-order valence-corrected chi connectivity index (χ0v) is 11.9. The molecule has 0 aliphatic carbocycles. The number of phenolic OH excluding ortho intramolecular Hbond substituents is 1. The number of nitrogens with zero attached hydrogens (tertiary/aromatic N) is 1. The summed E-state index contributed by atoms with van der Waals surface area (Å²) in [7, 11) is 0. The van der Waals surface area contributed by atoms with Crippen molar-refractivity contribution in [3.8, 4) is 11.8 Å². The molecule has 0 spiro atoms. The molecule has 5 heteroatoms. The van der Waals surface area contributed by atoms with E-state index < -0.39 is 12.1 Å². The Morgan fingerprint density at radius 1 is 1.14 bits per heavy atom. The van der Waals surface area contributed by atoms with Gasteiger partial charge in [-0.15, -0.1) is 0 Å². The molecule has 0 aliphatic heterocycles. The van der Waals surface area contributed by atoms with Crippen LogP contribution in [0, 0.1) is 11.3 Å². The number of aromatic hydroxyl groups is 1. The number of hydrogen-bond acceptors (Lipinski definition) is 4. The van der Waals surface area contributed by atoms with Crippen molar-refractivity contribution in [1.29, 1.82) is 5.26 Å². The summed E-state index contributed by atoms with van der Waals surface area (Å²) in [6, 6.07) is 17.1. The van der Waals surface area contributed by atoms with E-state index in [1.165, 1.54) is 12.1 Å². The number of carbonyl (C=O) groups excluding carboxylic acids is 1. The second-order valence-electron chi connectivity index (χ2n) is 4.76. The van der Waals surface area contributed by atoms with E-state index in [9.17, 15) is 9.90 Å². The van der Waals surface area contributed by atoms with Crippen molar-refractivity contribution in [3.63, 3.8) is 0 Å². The predicted octanol–water partition coefficient (Wildman–Crippen LogP) is 2.75. The molecule has 1 amide bonds. The number of amides is 1. The maximum Gasteiger partial charge on any atom is 0.408 e. The van der Waals surface area contributed by atoms with Gasteiger partial charge in [0.25, 0.3) is 0 Å². The molecular formula is C17H16N2O3. The number of phenols is 1. The second kappa shape index (κ2) is 7.70. The lowest BCUT2D eigenvalue weighted by Gasteiger charge is -2.12. The first-order chi connectivity index (χ1) is 10.7. The molecular weight excluding hydrogens is 280 g/mol. The summed E-state index contributed by atoms with van der Waals surface area (Å²) in [5.41, 5.74) is 1.72. The van der Waals surface area contributed by atoms with Crippen molar-refractivity contribution in [2.75, 3.05) is 0 Å². The molecule has 0 aliphatic rings. The van der Waals surface area contributed by atoms with Gasteiger partial charge in [-0.3, -0.25) is 0 Å². The molecule has 0 aromatic heterocycles. The van der Waals surface area contributed by atoms with E-state index in [2.05, 4.69) is 5.32 Å². The fourth-order valence-corrected chi connectivity index (χ4v) is 1.90. The number of hydrogen-bond donors (Lipinski definition) is 2. The van der Waals surface area contributed by atoms with E-state index in [4.69, 9.17) is 10.00 Å². The molecule has 5 nitrogen and oxygen atoms in total. The number of nitrogens with one attached hydrogen (secondary N) is 1. The van der Waals surface area contributed by atoms with Crippen LogP contribution >= 0.6 is 0 Å². The Bertz CT molecular complexity index is 648. The summed E-state index contributed by atoms with van der Waals surface area (Å²) in [6.45, 7) is 0.157. The van der Waals surface area contributed by atoms with Gasteiger partial charge in [0.05, 0.1) is 6.07 Å². The lowest BCUT2D eigenvalue weighted by molar-refractivity contribution is 0.137. The summed E-state index contributed by atoms with van der Waals surface area (Å²) in [5, 5.41) is 20.8. The third-order valence-electron chi connectivity index (χ3n) is 3.04. The first-order valence-corrected chi connectivity index (χ1v) is 6.82. The standard InChI is InChI=1S/C17H16N2O3/c18-11-15(10-13-6-8-16(20)9-7-13)19-17(21)22-12-14-4-2-1-3-5-14/h1-9,15,20H,10,12H2,(H,19,21)/t15-/m0/s1. The van der Waals surface area contributed by atoms with Gasteiger partial charge in [-0.1, -0.05) is 42.5 Å². The van der Waals surface area contributed by atoms with Crippen LogP contribution in [0.3, 0.4) is 0 Å². The highest BCUT2D eigenvalue weighted by molar-refractivity contribution is 5.68. The highest BCUT2D eigenvalue weighted by Crippen LogP contribution is 2.11. The molecule has 2 aromatic rings. The highest BCUT2D eigenvalue weighted by atomic mass is 16.5. The molecule has 1 atom stereocenters. The Morgan fingerprint density at radius 3 is 2.45 bits per heavy atom. The minimum Gasteiger partial charge on any atom is -0.508 e. The van der Waals surface area contributed by atoms with Crippen LogP contribution in [0.25, 0.3) is 0 Å². The van der Waals surface area contributed by atoms with Crippen molar-refractivity contribution in [2.24, 2.45) is 0 Å². The molecule has 0 radical (unpaired) electrons. The van der Waals surface area contributed by atoms with Crippen molar-refractivity contribution in [1.82, 2.24) is 5.32 Å². The van der Waals surface area contributed by atoms with Crippen molar-refractivity contribution >= 4 is 6.09 Å². The normalized spacial score (nSPS) is 11.2. The predicted molar refractivity (Wildman–Crippen MR) is 81.0 cm³/mol. The van der Waals surface area contributed by atoms with Gasteiger partial charge in [-0.25, -0.2) is 4.79 Å². The smallest absolute Gasteiger partial charge is 0.408 e. The van der Waals surface area contributed by atoms with Gasteiger partial charge < -0.3 is 15.2 Å². The molecule has 112 valence electrons. The lowest BCUT2D eigenvalue weighted by atomic mass is 10.1. The molecule has 0 bridgehead atoms. The summed E-state index contributed by atoms with van der Waals surface area (Å²) >= 11 is 0. The van der Waals surface area contributed by atoms with E-state index in [1.54, 1.807) is 12.1 Å². The molecule has 0 heterocycles. The first kappa shape index (κ1) is 15.4. The Balaban J connectivity index is 1.83. The number of rotatable bonds is 5. The van der Waals surface area contributed by atoms with Crippen LogP contribution in [0.15, 0.2) is 54.6 Å². The Labute approximate surface area is 128 Å². The van der Waals surface area contributed by atoms with E-state index in [1.807, 2.05) is 36.4 Å². The van der Waals surface area contributed by atoms with E-state index in [0.29, 0.717) is 6.42 Å². The summed E-state index contributed by atoms with van der Waals surface area (Å²) in [6.07, 6.45) is -0.286. The largest absolute Gasteiger partial charge is 0.508 e. The zero-order valence-electron chi connectivity index (χ0n) is 11.9. The Hall–Kier alpha value is -3.00. The van der Waals surface area contributed by atoms with Gasteiger partial charge in [0.15, 0.2) is 0 Å². The molecule has 0 fully saturated rings. The van der Waals surface area contributed by atoms with Gasteiger partial charge in [0.1, 0.15) is 18.4 Å². The van der Waals surface area contributed by atoms with Gasteiger partial charge in [0.2, 0.25) is 0 Å². The topological polar surface area (TPSA) is 82.4 Å². The molecule has 2 rings (SSSR count). The van der Waals surface area contributed by atoms with E-state index >= 15 is 0 Å². The molecule has 2 aromatic carbocycles. The third kappa shape index (κ3) is 4.84.